The SMILES string of the molecule is COc1ccc(N(Cc2cncs2)c2ccc(C(=O)OC(C)(C)C)cc2)cc1OC(F)F. The number of hydrogen-bond donors (Lipinski definition) is 0. The molecule has 0 radical (unpaired) electrons. The molecule has 1 aromatic heterocycles. The van der Waals surface area contributed by atoms with Crippen molar-refractivity contribution in [3.05, 3.63) is 64.6 Å². The van der Waals surface area contributed by atoms with Crippen molar-refractivity contribution >= 4 is 28.7 Å². The van der Waals surface area contributed by atoms with E-state index in [1.54, 1.807) is 68.9 Å². The second-order valence-electron chi connectivity index (χ2n) is 7.82. The molecule has 0 aliphatic heterocycles. The molecule has 170 valence electrons. The maximum absolute atomic E-state index is 12.9. The Morgan fingerprint density at radius 1 is 1.09 bits per heavy atom. The van der Waals surface area contributed by atoms with Crippen LogP contribution < -0.4 is 14.4 Å². The average Bonchev–Trinajstić information content (AvgIpc) is 3.24. The van der Waals surface area contributed by atoms with Gasteiger partial charge in [0.15, 0.2) is 11.5 Å². The lowest BCUT2D eigenvalue weighted by atomic mass is 10.1. The molecule has 0 unspecified atom stereocenters. The molecule has 6 nitrogen and oxygen atoms in total. The van der Waals surface area contributed by atoms with Gasteiger partial charge in [-0.15, -0.1) is 11.3 Å². The fraction of sp³-hybridized carbons (Fsp3) is 0.304. The van der Waals surface area contributed by atoms with Crippen molar-refractivity contribution in [1.29, 1.82) is 0 Å². The van der Waals surface area contributed by atoms with E-state index in [1.807, 2.05) is 4.90 Å². The summed E-state index contributed by atoms with van der Waals surface area (Å²) in [5.74, 6) is -0.290. The van der Waals surface area contributed by atoms with E-state index >= 15 is 0 Å². The number of nitrogens with zero attached hydrogens (tertiary/aromatic N) is 2. The van der Waals surface area contributed by atoms with Crippen LogP contribution in [0.5, 0.6) is 11.5 Å². The van der Waals surface area contributed by atoms with Gasteiger partial charge in [0.25, 0.3) is 0 Å². The number of thiazole rings is 1. The Bertz CT molecular complexity index is 1040. The molecule has 0 saturated carbocycles. The lowest BCUT2D eigenvalue weighted by Gasteiger charge is -2.26. The van der Waals surface area contributed by atoms with E-state index < -0.39 is 18.2 Å². The number of alkyl halides is 2. The zero-order valence-electron chi connectivity index (χ0n) is 18.2. The molecule has 3 rings (SSSR count). The summed E-state index contributed by atoms with van der Waals surface area (Å²) >= 11 is 1.47. The zero-order valence-corrected chi connectivity index (χ0v) is 19.0. The maximum Gasteiger partial charge on any atom is 0.387 e. The standard InChI is InChI=1S/C23H24F2N2O4S/c1-23(2,3)31-21(28)15-5-7-16(8-6-15)27(13-18-12-26-14-32-18)17-9-10-19(29-4)20(11-17)30-22(24)25/h5-12,14,22H,13H2,1-4H3. The molecule has 2 aromatic carbocycles. The number of hydrogen-bond acceptors (Lipinski definition) is 7. The maximum atomic E-state index is 12.9. The summed E-state index contributed by atoms with van der Waals surface area (Å²) in [7, 11) is 1.39. The first kappa shape index (κ1) is 23.5. The Hall–Kier alpha value is -3.20. The number of benzene rings is 2. The smallest absolute Gasteiger partial charge is 0.387 e. The van der Waals surface area contributed by atoms with E-state index in [9.17, 15) is 13.6 Å². The number of halogens is 2. The van der Waals surface area contributed by atoms with Gasteiger partial charge in [-0.05, 0) is 57.2 Å². The summed E-state index contributed by atoms with van der Waals surface area (Å²) < 4.78 is 41.0. The molecule has 3 aromatic rings. The van der Waals surface area contributed by atoms with Gasteiger partial charge in [-0.1, -0.05) is 0 Å². The largest absolute Gasteiger partial charge is 0.493 e. The first-order chi connectivity index (χ1) is 15.2. The van der Waals surface area contributed by atoms with Crippen LogP contribution in [0.1, 0.15) is 36.0 Å². The Morgan fingerprint density at radius 3 is 2.34 bits per heavy atom. The van der Waals surface area contributed by atoms with Crippen LogP contribution in [-0.4, -0.2) is 30.3 Å². The zero-order chi connectivity index (χ0) is 23.3. The molecule has 1 heterocycles. The van der Waals surface area contributed by atoms with Crippen LogP contribution >= 0.6 is 11.3 Å². The number of rotatable bonds is 8. The summed E-state index contributed by atoms with van der Waals surface area (Å²) in [5.41, 5.74) is 2.90. The Labute approximate surface area is 189 Å². The highest BCUT2D eigenvalue weighted by molar-refractivity contribution is 7.09. The predicted octanol–water partition coefficient (Wildman–Crippen LogP) is 6.05. The molecular formula is C23H24F2N2O4S. The Kier molecular flexibility index (Phi) is 7.29. The monoisotopic (exact) mass is 462 g/mol. The molecule has 32 heavy (non-hydrogen) atoms. The van der Waals surface area contributed by atoms with Gasteiger partial charge >= 0.3 is 12.6 Å². The number of carbonyl (C=O) groups excluding carboxylic acids is 1. The summed E-state index contributed by atoms with van der Waals surface area (Å²) in [4.78, 5) is 19.3. The van der Waals surface area contributed by atoms with E-state index in [0.717, 1.165) is 10.6 Å². The fourth-order valence-electron chi connectivity index (χ4n) is 2.94. The summed E-state index contributed by atoms with van der Waals surface area (Å²) in [6.07, 6.45) is 1.74. The topological polar surface area (TPSA) is 60.9 Å². The first-order valence-corrected chi connectivity index (χ1v) is 10.7. The van der Waals surface area contributed by atoms with Gasteiger partial charge in [0.2, 0.25) is 0 Å². The Morgan fingerprint density at radius 2 is 1.78 bits per heavy atom. The Balaban J connectivity index is 1.96. The van der Waals surface area contributed by atoms with E-state index in [-0.39, 0.29) is 11.5 Å². The second-order valence-corrected chi connectivity index (χ2v) is 8.79. The lowest BCUT2D eigenvalue weighted by molar-refractivity contribution is -0.0511. The van der Waals surface area contributed by atoms with Gasteiger partial charge in [-0.2, -0.15) is 8.78 Å². The second kappa shape index (κ2) is 9.95. The number of carbonyl (C=O) groups is 1. The third-order valence-corrected chi connectivity index (χ3v) is 5.05. The molecule has 0 atom stereocenters. The molecule has 9 heteroatoms. The molecule has 0 fully saturated rings. The summed E-state index contributed by atoms with van der Waals surface area (Å²) in [6, 6.07) is 11.7. The summed E-state index contributed by atoms with van der Waals surface area (Å²) in [5, 5.41) is 0. The highest BCUT2D eigenvalue weighted by atomic mass is 32.1. The van der Waals surface area contributed by atoms with Crippen LogP contribution in [0.15, 0.2) is 54.2 Å². The minimum atomic E-state index is -2.98. The van der Waals surface area contributed by atoms with Crippen molar-refractivity contribution in [2.24, 2.45) is 0 Å². The molecule has 0 spiro atoms. The van der Waals surface area contributed by atoms with E-state index in [1.165, 1.54) is 24.5 Å². The number of aromatic nitrogens is 1. The van der Waals surface area contributed by atoms with Crippen molar-refractivity contribution in [1.82, 2.24) is 4.98 Å². The number of esters is 1. The molecule has 0 amide bonds. The highest BCUT2D eigenvalue weighted by Crippen LogP contribution is 2.37. The molecule has 0 N–H and O–H groups in total. The number of anilines is 2. The lowest BCUT2D eigenvalue weighted by Crippen LogP contribution is -2.24. The molecular weight excluding hydrogens is 438 g/mol. The van der Waals surface area contributed by atoms with Crippen molar-refractivity contribution in [2.45, 2.75) is 39.5 Å². The van der Waals surface area contributed by atoms with Crippen LogP contribution in [0.3, 0.4) is 0 Å². The summed E-state index contributed by atoms with van der Waals surface area (Å²) in [6.45, 7) is 2.87. The van der Waals surface area contributed by atoms with Crippen LogP contribution in [0.2, 0.25) is 0 Å². The van der Waals surface area contributed by atoms with Gasteiger partial charge in [-0.25, -0.2) is 4.79 Å². The van der Waals surface area contributed by atoms with E-state index in [4.69, 9.17) is 9.47 Å². The van der Waals surface area contributed by atoms with E-state index in [2.05, 4.69) is 9.72 Å². The van der Waals surface area contributed by atoms with Gasteiger partial charge in [-0.3, -0.25) is 4.98 Å². The first-order valence-electron chi connectivity index (χ1n) is 9.77. The van der Waals surface area contributed by atoms with Gasteiger partial charge < -0.3 is 19.1 Å². The molecule has 0 bridgehead atoms. The third kappa shape index (κ3) is 6.16. The van der Waals surface area contributed by atoms with Crippen LogP contribution in [-0.2, 0) is 11.3 Å². The molecule has 0 saturated heterocycles. The normalized spacial score (nSPS) is 11.3. The van der Waals surface area contributed by atoms with Crippen molar-refractivity contribution < 1.29 is 27.8 Å². The number of ether oxygens (including phenoxy) is 3. The fourth-order valence-corrected chi connectivity index (χ4v) is 3.53. The predicted molar refractivity (Wildman–Crippen MR) is 119 cm³/mol. The van der Waals surface area contributed by atoms with Crippen molar-refractivity contribution in [3.8, 4) is 11.5 Å². The van der Waals surface area contributed by atoms with Crippen molar-refractivity contribution in [3.63, 3.8) is 0 Å². The minimum Gasteiger partial charge on any atom is -0.493 e. The average molecular weight is 463 g/mol. The molecule has 0 aliphatic rings. The molecule has 0 aliphatic carbocycles. The van der Waals surface area contributed by atoms with Gasteiger partial charge in [0, 0.05) is 28.5 Å². The quantitative estimate of drug-likeness (QED) is 0.380. The van der Waals surface area contributed by atoms with Crippen LogP contribution in [0.25, 0.3) is 0 Å². The van der Waals surface area contributed by atoms with Gasteiger partial charge in [0.1, 0.15) is 5.60 Å². The minimum absolute atomic E-state index is 0.0697. The van der Waals surface area contributed by atoms with Crippen LogP contribution in [0.4, 0.5) is 20.2 Å². The van der Waals surface area contributed by atoms with Crippen LogP contribution in [0, 0.1) is 0 Å². The van der Waals surface area contributed by atoms with Crippen molar-refractivity contribution in [2.75, 3.05) is 12.0 Å². The third-order valence-electron chi connectivity index (χ3n) is 4.29. The highest BCUT2D eigenvalue weighted by Gasteiger charge is 2.20. The van der Waals surface area contributed by atoms with Gasteiger partial charge in [0.05, 0.1) is 24.7 Å². The van der Waals surface area contributed by atoms with E-state index in [0.29, 0.717) is 17.8 Å². The number of methoxy groups -OCH3 is 1.